The van der Waals surface area contributed by atoms with Crippen molar-refractivity contribution in [1.29, 1.82) is 0 Å². The molecule has 4 heteroatoms. The molecule has 1 rings (SSSR count). The van der Waals surface area contributed by atoms with Crippen LogP contribution in [0.5, 0.6) is 0 Å². The summed E-state index contributed by atoms with van der Waals surface area (Å²) in [5, 5.41) is 0. The van der Waals surface area contributed by atoms with Gasteiger partial charge in [0, 0.05) is 5.92 Å². The Bertz CT molecular complexity index is 182. The third-order valence-electron chi connectivity index (χ3n) is 2.61. The summed E-state index contributed by atoms with van der Waals surface area (Å²) >= 11 is 0. The minimum atomic E-state index is -2.30. The number of methoxy groups -OCH3 is 1. The molecule has 0 aromatic rings. The average Bonchev–Trinajstić information content (AvgIpc) is 2.17. The van der Waals surface area contributed by atoms with E-state index in [-0.39, 0.29) is 18.3 Å². The minimum Gasteiger partial charge on any atom is -0.469 e. The fraction of sp³-hybridized carbons (Fsp3) is 0.889. The molecule has 0 bridgehead atoms. The molecule has 1 aliphatic carbocycles. The van der Waals surface area contributed by atoms with Gasteiger partial charge in [-0.05, 0) is 19.3 Å². The molecular weight excluding hydrogens is 178 g/mol. The van der Waals surface area contributed by atoms with E-state index in [1.165, 1.54) is 7.11 Å². The summed E-state index contributed by atoms with van der Waals surface area (Å²) in [5.74, 6) is -1.26. The van der Waals surface area contributed by atoms with Crippen molar-refractivity contribution in [3.8, 4) is 0 Å². The quantitative estimate of drug-likeness (QED) is 0.627. The van der Waals surface area contributed by atoms with Crippen LogP contribution in [-0.2, 0) is 9.53 Å². The lowest BCUT2D eigenvalue weighted by Gasteiger charge is -2.26. The third kappa shape index (κ3) is 2.64. The zero-order chi connectivity index (χ0) is 9.84. The zero-order valence-corrected chi connectivity index (χ0v) is 7.63. The number of halogens is 2. The Morgan fingerprint density at radius 3 is 2.69 bits per heavy atom. The van der Waals surface area contributed by atoms with E-state index in [0.717, 1.165) is 0 Å². The van der Waals surface area contributed by atoms with Crippen LogP contribution in [0.1, 0.15) is 25.7 Å². The largest absolute Gasteiger partial charge is 0.469 e. The highest BCUT2D eigenvalue weighted by molar-refractivity contribution is 5.72. The summed E-state index contributed by atoms with van der Waals surface area (Å²) in [6.07, 6.45) is -0.0902. The molecule has 2 atom stereocenters. The van der Waals surface area contributed by atoms with Gasteiger partial charge < -0.3 is 4.74 Å². The molecule has 1 saturated carbocycles. The van der Waals surface area contributed by atoms with Gasteiger partial charge in [0.05, 0.1) is 13.0 Å². The highest BCUT2D eigenvalue weighted by atomic mass is 19.3. The molecule has 13 heavy (non-hydrogen) atoms. The van der Waals surface area contributed by atoms with Gasteiger partial charge in [0.25, 0.3) is 0 Å². The molecule has 0 aliphatic heterocycles. The number of rotatable bonds is 2. The standard InChI is InChI=1S/C9H14F2O2/c1-13-9(12)7-4-2-3-6(5-7)8(10)11/h6-8H,2-5H2,1H3. The number of carbonyl (C=O) groups is 1. The van der Waals surface area contributed by atoms with Crippen molar-refractivity contribution in [2.24, 2.45) is 11.8 Å². The van der Waals surface area contributed by atoms with Crippen LogP contribution >= 0.6 is 0 Å². The second-order valence-corrected chi connectivity index (χ2v) is 3.48. The summed E-state index contributed by atoms with van der Waals surface area (Å²) in [6, 6.07) is 0. The van der Waals surface area contributed by atoms with Gasteiger partial charge in [-0.2, -0.15) is 0 Å². The average molecular weight is 192 g/mol. The first kappa shape index (κ1) is 10.4. The molecule has 0 spiro atoms. The lowest BCUT2D eigenvalue weighted by Crippen LogP contribution is -2.27. The minimum absolute atomic E-state index is 0.282. The van der Waals surface area contributed by atoms with E-state index < -0.39 is 12.3 Å². The highest BCUT2D eigenvalue weighted by Crippen LogP contribution is 2.33. The van der Waals surface area contributed by atoms with E-state index in [2.05, 4.69) is 4.74 Å². The van der Waals surface area contributed by atoms with Gasteiger partial charge >= 0.3 is 5.97 Å². The fourth-order valence-corrected chi connectivity index (χ4v) is 1.84. The maximum Gasteiger partial charge on any atom is 0.308 e. The monoisotopic (exact) mass is 192 g/mol. The summed E-state index contributed by atoms with van der Waals surface area (Å²) < 4.78 is 29.2. The van der Waals surface area contributed by atoms with Crippen LogP contribution in [0.4, 0.5) is 8.78 Å². The first-order valence-corrected chi connectivity index (χ1v) is 4.51. The Labute approximate surface area is 76.3 Å². The Balaban J connectivity index is 2.46. The molecule has 0 saturated heterocycles. The first-order valence-electron chi connectivity index (χ1n) is 4.51. The van der Waals surface area contributed by atoms with E-state index >= 15 is 0 Å². The number of esters is 1. The molecule has 1 aliphatic rings. The Kier molecular flexibility index (Phi) is 3.63. The molecule has 0 radical (unpaired) electrons. The van der Waals surface area contributed by atoms with Crippen LogP contribution in [0, 0.1) is 11.8 Å². The first-order chi connectivity index (χ1) is 6.15. The zero-order valence-electron chi connectivity index (χ0n) is 7.63. The van der Waals surface area contributed by atoms with E-state index in [4.69, 9.17) is 0 Å². The summed E-state index contributed by atoms with van der Waals surface area (Å²) in [7, 11) is 1.30. The van der Waals surface area contributed by atoms with E-state index in [1.807, 2.05) is 0 Å². The van der Waals surface area contributed by atoms with Crippen molar-refractivity contribution >= 4 is 5.97 Å². The van der Waals surface area contributed by atoms with Gasteiger partial charge in [0.2, 0.25) is 6.43 Å². The topological polar surface area (TPSA) is 26.3 Å². The van der Waals surface area contributed by atoms with Gasteiger partial charge in [-0.1, -0.05) is 6.42 Å². The van der Waals surface area contributed by atoms with Crippen molar-refractivity contribution < 1.29 is 18.3 Å². The molecule has 0 aromatic heterocycles. The van der Waals surface area contributed by atoms with Gasteiger partial charge in [-0.15, -0.1) is 0 Å². The predicted octanol–water partition coefficient (Wildman–Crippen LogP) is 2.23. The highest BCUT2D eigenvalue weighted by Gasteiger charge is 2.32. The summed E-state index contributed by atoms with van der Waals surface area (Å²) in [5.41, 5.74) is 0. The van der Waals surface area contributed by atoms with Gasteiger partial charge in [-0.25, -0.2) is 8.78 Å². The SMILES string of the molecule is COC(=O)C1CCCC(C(F)F)C1. The van der Waals surface area contributed by atoms with Crippen molar-refractivity contribution in [2.45, 2.75) is 32.1 Å². The van der Waals surface area contributed by atoms with Gasteiger partial charge in [-0.3, -0.25) is 4.79 Å². The molecule has 0 N–H and O–H groups in total. The van der Waals surface area contributed by atoms with Crippen molar-refractivity contribution in [2.75, 3.05) is 7.11 Å². The van der Waals surface area contributed by atoms with Crippen LogP contribution < -0.4 is 0 Å². The maximum atomic E-state index is 12.3. The maximum absolute atomic E-state index is 12.3. The Morgan fingerprint density at radius 1 is 1.46 bits per heavy atom. The van der Waals surface area contributed by atoms with Crippen molar-refractivity contribution in [1.82, 2.24) is 0 Å². The van der Waals surface area contributed by atoms with Crippen LogP contribution in [0.3, 0.4) is 0 Å². The number of carbonyl (C=O) groups excluding carboxylic acids is 1. The van der Waals surface area contributed by atoms with Crippen LogP contribution in [0.15, 0.2) is 0 Å². The van der Waals surface area contributed by atoms with E-state index in [0.29, 0.717) is 19.3 Å². The lowest BCUT2D eigenvalue weighted by molar-refractivity contribution is -0.147. The van der Waals surface area contributed by atoms with Gasteiger partial charge in [0.1, 0.15) is 0 Å². The second-order valence-electron chi connectivity index (χ2n) is 3.48. The number of hydrogen-bond donors (Lipinski definition) is 0. The third-order valence-corrected chi connectivity index (χ3v) is 2.61. The van der Waals surface area contributed by atoms with Gasteiger partial charge in [0.15, 0.2) is 0 Å². The van der Waals surface area contributed by atoms with Crippen LogP contribution in [0.2, 0.25) is 0 Å². The number of hydrogen-bond acceptors (Lipinski definition) is 2. The molecule has 2 unspecified atom stereocenters. The van der Waals surface area contributed by atoms with E-state index in [1.54, 1.807) is 0 Å². The Hall–Kier alpha value is -0.670. The fourth-order valence-electron chi connectivity index (χ4n) is 1.84. The Morgan fingerprint density at radius 2 is 2.15 bits per heavy atom. The molecule has 2 nitrogen and oxygen atoms in total. The molecule has 0 heterocycles. The molecule has 76 valence electrons. The summed E-state index contributed by atoms with van der Waals surface area (Å²) in [6.45, 7) is 0. The van der Waals surface area contributed by atoms with Crippen molar-refractivity contribution in [3.05, 3.63) is 0 Å². The lowest BCUT2D eigenvalue weighted by atomic mass is 9.82. The normalized spacial score (nSPS) is 28.9. The van der Waals surface area contributed by atoms with Crippen LogP contribution in [-0.4, -0.2) is 19.5 Å². The second kappa shape index (κ2) is 4.53. The predicted molar refractivity (Wildman–Crippen MR) is 43.5 cm³/mol. The number of alkyl halides is 2. The number of ether oxygens (including phenoxy) is 1. The molecule has 0 aromatic carbocycles. The molecule has 0 amide bonds. The van der Waals surface area contributed by atoms with Crippen molar-refractivity contribution in [3.63, 3.8) is 0 Å². The molecular formula is C9H14F2O2. The molecule has 1 fully saturated rings. The summed E-state index contributed by atoms with van der Waals surface area (Å²) in [4.78, 5) is 11.1. The van der Waals surface area contributed by atoms with E-state index in [9.17, 15) is 13.6 Å². The smallest absolute Gasteiger partial charge is 0.308 e. The van der Waals surface area contributed by atoms with Crippen LogP contribution in [0.25, 0.3) is 0 Å².